The number of alkyl halides is 3. The van der Waals surface area contributed by atoms with E-state index in [1.807, 2.05) is 0 Å². The Bertz CT molecular complexity index is 1440. The number of nitrogens with zero attached hydrogens (tertiary/aromatic N) is 3. The number of rotatable bonds is 9. The van der Waals surface area contributed by atoms with Crippen molar-refractivity contribution in [3.8, 4) is 0 Å². The Morgan fingerprint density at radius 2 is 1.88 bits per heavy atom. The summed E-state index contributed by atoms with van der Waals surface area (Å²) in [5, 5.41) is 13.7. The van der Waals surface area contributed by atoms with E-state index in [4.69, 9.17) is 4.74 Å². The van der Waals surface area contributed by atoms with Crippen molar-refractivity contribution in [2.75, 3.05) is 11.9 Å². The van der Waals surface area contributed by atoms with Gasteiger partial charge in [-0.15, -0.1) is 21.5 Å². The van der Waals surface area contributed by atoms with Gasteiger partial charge in [-0.05, 0) is 57.2 Å². The summed E-state index contributed by atoms with van der Waals surface area (Å²) < 4.78 is 46.7. The Hall–Kier alpha value is -3.39. The van der Waals surface area contributed by atoms with Gasteiger partial charge in [0.2, 0.25) is 5.91 Å². The topological polar surface area (TPSA) is 115 Å². The van der Waals surface area contributed by atoms with Crippen LogP contribution in [-0.4, -0.2) is 44.4 Å². The SMILES string of the molecule is CCOC(=O)c1c(NC(=O)[C@@H](C)Sc2nnc(CNC(=O)c3ccccc3C(F)(F)F)n2C)sc2c1CCCCC2. The van der Waals surface area contributed by atoms with Gasteiger partial charge >= 0.3 is 12.1 Å². The number of aromatic nitrogens is 3. The molecule has 0 unspecified atom stereocenters. The number of hydrogen-bond donors (Lipinski definition) is 2. The molecule has 1 aliphatic carbocycles. The molecule has 0 saturated carbocycles. The number of hydrogen-bond acceptors (Lipinski definition) is 8. The van der Waals surface area contributed by atoms with Gasteiger partial charge in [0.05, 0.1) is 35.1 Å². The minimum Gasteiger partial charge on any atom is -0.462 e. The Balaban J connectivity index is 1.42. The molecule has 1 atom stereocenters. The molecule has 41 heavy (non-hydrogen) atoms. The standard InChI is InChI=1S/C27H30F3N5O4S2/c1-4-39-25(38)21-17-11-6-5-7-13-19(17)41-24(21)32-22(36)15(2)40-26-34-33-20(35(26)3)14-31-23(37)16-10-8-9-12-18(16)27(28,29)30/h8-10,12,15H,4-7,11,13-14H2,1-3H3,(H,31,37)(H,32,36)/t15-/m1/s1. The maximum Gasteiger partial charge on any atom is 0.417 e. The van der Waals surface area contributed by atoms with Gasteiger partial charge in [0.25, 0.3) is 5.91 Å². The number of anilines is 1. The number of carbonyl (C=O) groups excluding carboxylic acids is 3. The van der Waals surface area contributed by atoms with Crippen LogP contribution < -0.4 is 10.6 Å². The Morgan fingerprint density at radius 3 is 2.61 bits per heavy atom. The van der Waals surface area contributed by atoms with Crippen LogP contribution in [0, 0.1) is 0 Å². The summed E-state index contributed by atoms with van der Waals surface area (Å²) in [6.45, 7) is 3.49. The summed E-state index contributed by atoms with van der Waals surface area (Å²) in [5.74, 6) is -1.38. The van der Waals surface area contributed by atoms with Crippen molar-refractivity contribution in [1.29, 1.82) is 0 Å². The highest BCUT2D eigenvalue weighted by Gasteiger charge is 2.35. The molecule has 2 N–H and O–H groups in total. The molecule has 2 heterocycles. The first kappa shape index (κ1) is 30.6. The lowest BCUT2D eigenvalue weighted by Gasteiger charge is -2.13. The van der Waals surface area contributed by atoms with E-state index in [9.17, 15) is 27.6 Å². The number of nitrogens with one attached hydrogen (secondary N) is 2. The average molecular weight is 610 g/mol. The number of halogens is 3. The molecule has 220 valence electrons. The van der Waals surface area contributed by atoms with Crippen LogP contribution in [0.15, 0.2) is 29.4 Å². The Kier molecular flexibility index (Phi) is 9.74. The molecule has 0 aliphatic heterocycles. The monoisotopic (exact) mass is 609 g/mol. The fourth-order valence-corrected chi connectivity index (χ4v) is 6.57. The summed E-state index contributed by atoms with van der Waals surface area (Å²) >= 11 is 2.53. The van der Waals surface area contributed by atoms with E-state index in [0.29, 0.717) is 21.5 Å². The molecule has 2 amide bonds. The zero-order valence-corrected chi connectivity index (χ0v) is 24.4. The molecule has 3 aromatic rings. The second-order valence-corrected chi connectivity index (χ2v) is 11.8. The first-order chi connectivity index (χ1) is 19.5. The van der Waals surface area contributed by atoms with Gasteiger partial charge in [0.15, 0.2) is 11.0 Å². The van der Waals surface area contributed by atoms with E-state index in [1.165, 1.54) is 23.5 Å². The van der Waals surface area contributed by atoms with E-state index in [-0.39, 0.29) is 19.1 Å². The summed E-state index contributed by atoms with van der Waals surface area (Å²) in [7, 11) is 1.63. The highest BCUT2D eigenvalue weighted by atomic mass is 32.2. The molecule has 14 heteroatoms. The molecule has 2 aromatic heterocycles. The number of amides is 2. The average Bonchev–Trinajstić information content (AvgIpc) is 3.35. The third-order valence-corrected chi connectivity index (χ3v) is 8.94. The minimum atomic E-state index is -4.67. The van der Waals surface area contributed by atoms with Crippen molar-refractivity contribution >= 4 is 45.9 Å². The second kappa shape index (κ2) is 13.1. The highest BCUT2D eigenvalue weighted by Crippen LogP contribution is 2.38. The molecule has 0 spiro atoms. The number of benzene rings is 1. The van der Waals surface area contributed by atoms with Gasteiger partial charge in [-0.2, -0.15) is 13.2 Å². The van der Waals surface area contributed by atoms with Gasteiger partial charge in [-0.1, -0.05) is 30.3 Å². The third-order valence-electron chi connectivity index (χ3n) is 6.60. The number of esters is 1. The zero-order chi connectivity index (χ0) is 29.7. The Morgan fingerprint density at radius 1 is 1.15 bits per heavy atom. The smallest absolute Gasteiger partial charge is 0.417 e. The first-order valence-corrected chi connectivity index (χ1v) is 14.8. The molecule has 0 bridgehead atoms. The minimum absolute atomic E-state index is 0.167. The van der Waals surface area contributed by atoms with Gasteiger partial charge in [-0.25, -0.2) is 4.79 Å². The lowest BCUT2D eigenvalue weighted by Crippen LogP contribution is -2.27. The summed E-state index contributed by atoms with van der Waals surface area (Å²) in [4.78, 5) is 39.5. The predicted molar refractivity (Wildman–Crippen MR) is 149 cm³/mol. The molecule has 0 radical (unpaired) electrons. The molecule has 0 saturated heterocycles. The van der Waals surface area contributed by atoms with Crippen molar-refractivity contribution in [1.82, 2.24) is 20.1 Å². The van der Waals surface area contributed by atoms with Crippen molar-refractivity contribution in [3.63, 3.8) is 0 Å². The highest BCUT2D eigenvalue weighted by molar-refractivity contribution is 8.00. The van der Waals surface area contributed by atoms with Crippen molar-refractivity contribution in [2.24, 2.45) is 7.05 Å². The van der Waals surface area contributed by atoms with E-state index >= 15 is 0 Å². The van der Waals surface area contributed by atoms with Gasteiger partial charge in [0.1, 0.15) is 5.00 Å². The second-order valence-electron chi connectivity index (χ2n) is 9.42. The predicted octanol–water partition coefficient (Wildman–Crippen LogP) is 5.39. The molecular formula is C27H30F3N5O4S2. The number of thiophene rings is 1. The molecule has 4 rings (SSSR count). The van der Waals surface area contributed by atoms with E-state index < -0.39 is 34.4 Å². The van der Waals surface area contributed by atoms with Crippen LogP contribution in [0.2, 0.25) is 0 Å². The van der Waals surface area contributed by atoms with Crippen LogP contribution >= 0.6 is 23.1 Å². The van der Waals surface area contributed by atoms with Crippen LogP contribution in [0.5, 0.6) is 0 Å². The van der Waals surface area contributed by atoms with Crippen molar-refractivity contribution in [3.05, 3.63) is 57.2 Å². The number of ether oxygens (including phenoxy) is 1. The summed E-state index contributed by atoms with van der Waals surface area (Å²) in [6, 6.07) is 4.53. The third kappa shape index (κ3) is 7.10. The van der Waals surface area contributed by atoms with Crippen LogP contribution in [-0.2, 0) is 42.1 Å². The lowest BCUT2D eigenvalue weighted by atomic mass is 10.1. The number of carbonyl (C=O) groups is 3. The molecule has 1 aromatic carbocycles. The quantitative estimate of drug-likeness (QED) is 0.190. The zero-order valence-electron chi connectivity index (χ0n) is 22.8. The maximum absolute atomic E-state index is 13.3. The van der Waals surface area contributed by atoms with Crippen LogP contribution in [0.4, 0.5) is 18.2 Å². The largest absolute Gasteiger partial charge is 0.462 e. The first-order valence-electron chi connectivity index (χ1n) is 13.1. The van der Waals surface area contributed by atoms with E-state index in [1.54, 1.807) is 25.5 Å². The van der Waals surface area contributed by atoms with Crippen LogP contribution in [0.3, 0.4) is 0 Å². The van der Waals surface area contributed by atoms with Gasteiger partial charge in [0, 0.05) is 11.9 Å². The number of aryl methyl sites for hydroxylation is 1. The van der Waals surface area contributed by atoms with Crippen molar-refractivity contribution in [2.45, 2.75) is 69.1 Å². The van der Waals surface area contributed by atoms with Gasteiger partial charge < -0.3 is 19.9 Å². The molecular weight excluding hydrogens is 579 g/mol. The Labute approximate surface area is 243 Å². The summed E-state index contributed by atoms with van der Waals surface area (Å²) in [5.41, 5.74) is -0.127. The summed E-state index contributed by atoms with van der Waals surface area (Å²) in [6.07, 6.45) is 0.0346. The number of thioether (sulfide) groups is 1. The molecule has 0 fully saturated rings. The lowest BCUT2D eigenvalue weighted by molar-refractivity contribution is -0.138. The van der Waals surface area contributed by atoms with Crippen LogP contribution in [0.1, 0.15) is 75.7 Å². The normalized spacial score (nSPS) is 14.1. The maximum atomic E-state index is 13.3. The number of fused-ring (bicyclic) bond motifs is 1. The fraction of sp³-hybridized carbons (Fsp3) is 0.444. The van der Waals surface area contributed by atoms with E-state index in [2.05, 4.69) is 20.8 Å². The molecule has 1 aliphatic rings. The van der Waals surface area contributed by atoms with E-state index in [0.717, 1.165) is 66.4 Å². The van der Waals surface area contributed by atoms with Crippen LogP contribution in [0.25, 0.3) is 0 Å². The van der Waals surface area contributed by atoms with Crippen molar-refractivity contribution < 1.29 is 32.3 Å². The fourth-order valence-electron chi connectivity index (χ4n) is 4.46. The van der Waals surface area contributed by atoms with Gasteiger partial charge in [-0.3, -0.25) is 9.59 Å². The molecule has 9 nitrogen and oxygen atoms in total.